The second kappa shape index (κ2) is 11.5. The van der Waals surface area contributed by atoms with Crippen molar-refractivity contribution in [2.24, 2.45) is 4.99 Å². The molecule has 1 heterocycles. The van der Waals surface area contributed by atoms with Gasteiger partial charge in [0.05, 0.1) is 13.2 Å². The molecule has 0 unspecified atom stereocenters. The van der Waals surface area contributed by atoms with Gasteiger partial charge in [-0.05, 0) is 36.1 Å². The van der Waals surface area contributed by atoms with Crippen LogP contribution in [0.2, 0.25) is 0 Å². The molecule has 1 fully saturated rings. The summed E-state index contributed by atoms with van der Waals surface area (Å²) in [4.78, 5) is 6.74. The zero-order valence-corrected chi connectivity index (χ0v) is 17.1. The molecule has 0 saturated carbocycles. The highest BCUT2D eigenvalue weighted by molar-refractivity contribution is 5.79. The molecule has 2 N–H and O–H groups in total. The van der Waals surface area contributed by atoms with Crippen LogP contribution in [0.3, 0.4) is 0 Å². The summed E-state index contributed by atoms with van der Waals surface area (Å²) in [5.41, 5.74) is 2.34. The molecule has 0 bridgehead atoms. The predicted molar refractivity (Wildman–Crippen MR) is 115 cm³/mol. The van der Waals surface area contributed by atoms with Crippen molar-refractivity contribution in [3.8, 4) is 0 Å². The number of benzene rings is 2. The lowest BCUT2D eigenvalue weighted by molar-refractivity contribution is 0.125. The van der Waals surface area contributed by atoms with Gasteiger partial charge in [-0.2, -0.15) is 0 Å². The van der Waals surface area contributed by atoms with E-state index in [2.05, 4.69) is 32.7 Å². The Hall–Kier alpha value is -2.44. The van der Waals surface area contributed by atoms with Crippen LogP contribution in [-0.2, 0) is 17.9 Å². The van der Waals surface area contributed by atoms with E-state index in [0.717, 1.165) is 50.5 Å². The molecule has 2 aromatic carbocycles. The second-order valence-corrected chi connectivity index (χ2v) is 7.36. The maximum absolute atomic E-state index is 13.0. The third-order valence-electron chi connectivity index (χ3n) is 5.12. The van der Waals surface area contributed by atoms with E-state index >= 15 is 0 Å². The van der Waals surface area contributed by atoms with Crippen LogP contribution in [0, 0.1) is 5.82 Å². The van der Waals surface area contributed by atoms with Crippen LogP contribution in [-0.4, -0.2) is 50.2 Å². The van der Waals surface area contributed by atoms with E-state index < -0.39 is 0 Å². The zero-order chi connectivity index (χ0) is 20.3. The van der Waals surface area contributed by atoms with Crippen LogP contribution in [0.25, 0.3) is 0 Å². The average Bonchev–Trinajstić information content (AvgIpc) is 2.76. The molecule has 0 amide bonds. The number of piperidine rings is 1. The van der Waals surface area contributed by atoms with Gasteiger partial charge in [-0.25, -0.2) is 4.39 Å². The minimum absolute atomic E-state index is 0.180. The molecule has 1 saturated heterocycles. The fourth-order valence-electron chi connectivity index (χ4n) is 3.48. The number of likely N-dealkylation sites (tertiary alicyclic amines) is 1. The van der Waals surface area contributed by atoms with Gasteiger partial charge in [0.25, 0.3) is 0 Å². The van der Waals surface area contributed by atoms with Crippen LogP contribution < -0.4 is 10.6 Å². The Bertz CT molecular complexity index is 743. The summed E-state index contributed by atoms with van der Waals surface area (Å²) < 4.78 is 18.7. The van der Waals surface area contributed by atoms with E-state index in [1.54, 1.807) is 7.05 Å². The van der Waals surface area contributed by atoms with E-state index in [0.29, 0.717) is 19.3 Å². The van der Waals surface area contributed by atoms with Gasteiger partial charge in [0.1, 0.15) is 5.82 Å². The van der Waals surface area contributed by atoms with Crippen LogP contribution in [0.15, 0.2) is 59.6 Å². The monoisotopic (exact) mass is 398 g/mol. The number of hydrogen-bond acceptors (Lipinski definition) is 3. The number of halogens is 1. The van der Waals surface area contributed by atoms with Crippen LogP contribution in [0.5, 0.6) is 0 Å². The summed E-state index contributed by atoms with van der Waals surface area (Å²) in [6.07, 6.45) is 2.12. The van der Waals surface area contributed by atoms with E-state index in [9.17, 15) is 4.39 Å². The summed E-state index contributed by atoms with van der Waals surface area (Å²) in [6.45, 7) is 4.89. The van der Waals surface area contributed by atoms with Crippen molar-refractivity contribution in [1.29, 1.82) is 0 Å². The highest BCUT2D eigenvalue weighted by Gasteiger charge is 2.20. The first-order valence-corrected chi connectivity index (χ1v) is 10.3. The Labute approximate surface area is 173 Å². The summed E-state index contributed by atoms with van der Waals surface area (Å²) in [6, 6.07) is 17.4. The topological polar surface area (TPSA) is 48.9 Å². The first-order valence-electron chi connectivity index (χ1n) is 10.3. The van der Waals surface area contributed by atoms with Gasteiger partial charge in [0, 0.05) is 39.3 Å². The third-order valence-corrected chi connectivity index (χ3v) is 5.12. The molecule has 0 aromatic heterocycles. The summed E-state index contributed by atoms with van der Waals surface area (Å²) in [5.74, 6) is 0.645. The lowest BCUT2D eigenvalue weighted by Gasteiger charge is -2.33. The van der Waals surface area contributed by atoms with Crippen molar-refractivity contribution in [1.82, 2.24) is 15.5 Å². The third kappa shape index (κ3) is 7.48. The Morgan fingerprint density at radius 2 is 1.79 bits per heavy atom. The smallest absolute Gasteiger partial charge is 0.191 e. The van der Waals surface area contributed by atoms with Gasteiger partial charge in [-0.1, -0.05) is 42.5 Å². The summed E-state index contributed by atoms with van der Waals surface area (Å²) in [7, 11) is 1.80. The van der Waals surface area contributed by atoms with Crippen molar-refractivity contribution >= 4 is 5.96 Å². The molecule has 6 heteroatoms. The quantitative estimate of drug-likeness (QED) is 0.407. The minimum atomic E-state index is -0.180. The van der Waals surface area contributed by atoms with Crippen molar-refractivity contribution in [3.63, 3.8) is 0 Å². The lowest BCUT2D eigenvalue weighted by Crippen LogP contribution is -2.49. The summed E-state index contributed by atoms with van der Waals surface area (Å²) in [5, 5.41) is 6.84. The molecule has 1 aliphatic heterocycles. The molecular formula is C23H31FN4O. The molecule has 29 heavy (non-hydrogen) atoms. The van der Waals surface area contributed by atoms with Crippen molar-refractivity contribution in [3.05, 3.63) is 71.5 Å². The number of nitrogens with zero attached hydrogens (tertiary/aromatic N) is 2. The highest BCUT2D eigenvalue weighted by Crippen LogP contribution is 2.14. The SMILES string of the molecule is CN=C(NCCOCc1ccccc1)NC1CCN(Cc2ccc(F)cc2)CC1. The highest BCUT2D eigenvalue weighted by atomic mass is 19.1. The Morgan fingerprint density at radius 3 is 2.48 bits per heavy atom. The van der Waals surface area contributed by atoms with Crippen molar-refractivity contribution in [2.75, 3.05) is 33.3 Å². The Morgan fingerprint density at radius 1 is 1.07 bits per heavy atom. The zero-order valence-electron chi connectivity index (χ0n) is 17.1. The standard InChI is InChI=1S/C23H31FN4O/c1-25-23(26-13-16-29-18-20-5-3-2-4-6-20)27-22-11-14-28(15-12-22)17-19-7-9-21(24)10-8-19/h2-10,22H,11-18H2,1H3,(H2,25,26,27). The van der Waals surface area contributed by atoms with E-state index in [-0.39, 0.29) is 5.82 Å². The molecule has 3 rings (SSSR count). The number of aliphatic imine (C=N–C) groups is 1. The molecule has 0 radical (unpaired) electrons. The van der Waals surface area contributed by atoms with Gasteiger partial charge in [-0.15, -0.1) is 0 Å². The van der Waals surface area contributed by atoms with Gasteiger partial charge in [-0.3, -0.25) is 9.89 Å². The van der Waals surface area contributed by atoms with E-state index in [1.807, 2.05) is 30.3 Å². The van der Waals surface area contributed by atoms with E-state index in [1.165, 1.54) is 17.7 Å². The van der Waals surface area contributed by atoms with Crippen molar-refractivity contribution in [2.45, 2.75) is 32.0 Å². The van der Waals surface area contributed by atoms with Crippen molar-refractivity contribution < 1.29 is 9.13 Å². The molecule has 5 nitrogen and oxygen atoms in total. The minimum Gasteiger partial charge on any atom is -0.375 e. The normalized spacial score (nSPS) is 16.0. The largest absolute Gasteiger partial charge is 0.375 e. The molecule has 1 aliphatic rings. The fraction of sp³-hybridized carbons (Fsp3) is 0.435. The number of nitrogens with one attached hydrogen (secondary N) is 2. The number of ether oxygens (including phenoxy) is 1. The van der Waals surface area contributed by atoms with Gasteiger partial charge >= 0.3 is 0 Å². The maximum atomic E-state index is 13.0. The number of hydrogen-bond donors (Lipinski definition) is 2. The molecule has 2 aromatic rings. The van der Waals surface area contributed by atoms with Gasteiger partial charge < -0.3 is 15.4 Å². The molecule has 0 aliphatic carbocycles. The van der Waals surface area contributed by atoms with E-state index in [4.69, 9.17) is 4.74 Å². The first-order chi connectivity index (χ1) is 14.2. The fourth-order valence-corrected chi connectivity index (χ4v) is 3.48. The number of rotatable bonds is 8. The Kier molecular flexibility index (Phi) is 8.46. The predicted octanol–water partition coefficient (Wildman–Crippen LogP) is 3.17. The Balaban J connectivity index is 1.30. The van der Waals surface area contributed by atoms with Crippen LogP contribution in [0.1, 0.15) is 24.0 Å². The average molecular weight is 399 g/mol. The van der Waals surface area contributed by atoms with Gasteiger partial charge in [0.2, 0.25) is 0 Å². The number of guanidine groups is 1. The van der Waals surface area contributed by atoms with Crippen LogP contribution in [0.4, 0.5) is 4.39 Å². The van der Waals surface area contributed by atoms with Gasteiger partial charge in [0.15, 0.2) is 5.96 Å². The van der Waals surface area contributed by atoms with Crippen LogP contribution >= 0.6 is 0 Å². The molecule has 0 atom stereocenters. The summed E-state index contributed by atoms with van der Waals surface area (Å²) >= 11 is 0. The maximum Gasteiger partial charge on any atom is 0.191 e. The molecular weight excluding hydrogens is 367 g/mol. The molecule has 156 valence electrons. The first kappa shape index (κ1) is 21.3. The lowest BCUT2D eigenvalue weighted by atomic mass is 10.0. The molecule has 0 spiro atoms. The second-order valence-electron chi connectivity index (χ2n) is 7.36.